The average molecular weight is 429 g/mol. The van der Waals surface area contributed by atoms with Crippen LogP contribution in [0.3, 0.4) is 0 Å². The summed E-state index contributed by atoms with van der Waals surface area (Å²) in [5.41, 5.74) is 6.26. The van der Waals surface area contributed by atoms with Crippen molar-refractivity contribution in [1.82, 2.24) is 9.88 Å². The van der Waals surface area contributed by atoms with Crippen molar-refractivity contribution in [3.8, 4) is 0 Å². The molecule has 2 aliphatic heterocycles. The van der Waals surface area contributed by atoms with E-state index in [1.807, 2.05) is 6.07 Å². The van der Waals surface area contributed by atoms with Crippen molar-refractivity contribution in [3.63, 3.8) is 0 Å². The molecule has 2 aromatic carbocycles. The van der Waals surface area contributed by atoms with Crippen LogP contribution >= 0.6 is 0 Å². The van der Waals surface area contributed by atoms with Gasteiger partial charge in [0.1, 0.15) is 5.82 Å². The third-order valence-corrected chi connectivity index (χ3v) is 8.71. The maximum atomic E-state index is 15.8. The summed E-state index contributed by atoms with van der Waals surface area (Å²) in [6.45, 7) is 2.26. The van der Waals surface area contributed by atoms with Crippen LogP contribution in [-0.4, -0.2) is 32.5 Å². The summed E-state index contributed by atoms with van der Waals surface area (Å²) in [4.78, 5) is 17.4. The number of hydrogen-bond donors (Lipinski definition) is 2. The van der Waals surface area contributed by atoms with Crippen LogP contribution in [-0.2, 0) is 11.2 Å². The molecule has 0 saturated heterocycles. The Kier molecular flexibility index (Phi) is 3.55. The van der Waals surface area contributed by atoms with Gasteiger partial charge in [0.15, 0.2) is 0 Å². The minimum absolute atomic E-state index is 0.110. The zero-order chi connectivity index (χ0) is 21.8. The minimum Gasteiger partial charge on any atom is -0.478 e. The topological polar surface area (TPSA) is 56.3 Å². The van der Waals surface area contributed by atoms with Crippen LogP contribution < -0.4 is 0 Å². The number of rotatable bonds is 3. The van der Waals surface area contributed by atoms with Crippen molar-refractivity contribution < 1.29 is 14.3 Å². The number of aromatic amines is 1. The highest BCUT2D eigenvalue weighted by molar-refractivity contribution is 5.86. The number of nitrogens with zero attached hydrogens (tertiary/aromatic N) is 1. The van der Waals surface area contributed by atoms with E-state index >= 15 is 4.39 Å². The SMILES string of the molecule is CCC1Cc2c([nH]c3ccccc23)C2c3c(F)cc(/C=C/C(=O)O)cc3[C@H]3C4CC3(C4)N12. The van der Waals surface area contributed by atoms with Gasteiger partial charge in [-0.1, -0.05) is 31.2 Å². The van der Waals surface area contributed by atoms with E-state index in [0.717, 1.165) is 41.3 Å². The molecule has 8 rings (SSSR count). The molecule has 3 saturated carbocycles. The van der Waals surface area contributed by atoms with Crippen molar-refractivity contribution in [1.29, 1.82) is 0 Å². The summed E-state index contributed by atoms with van der Waals surface area (Å²) in [5, 5.41) is 10.3. The highest BCUT2D eigenvalue weighted by Gasteiger charge is 2.73. The van der Waals surface area contributed by atoms with Crippen molar-refractivity contribution in [2.75, 3.05) is 0 Å². The average Bonchev–Trinajstić information content (AvgIpc) is 3.08. The summed E-state index contributed by atoms with van der Waals surface area (Å²) in [6.07, 6.45) is 7.04. The summed E-state index contributed by atoms with van der Waals surface area (Å²) >= 11 is 0. The second-order valence-electron chi connectivity index (χ2n) is 10.1. The van der Waals surface area contributed by atoms with Gasteiger partial charge in [-0.05, 0) is 66.5 Å². The lowest BCUT2D eigenvalue weighted by Gasteiger charge is -2.77. The Morgan fingerprint density at radius 2 is 2.12 bits per heavy atom. The van der Waals surface area contributed by atoms with Crippen molar-refractivity contribution >= 4 is 22.9 Å². The zero-order valence-corrected chi connectivity index (χ0v) is 17.9. The van der Waals surface area contributed by atoms with E-state index in [0.29, 0.717) is 23.4 Å². The van der Waals surface area contributed by atoms with Crippen LogP contribution in [0.5, 0.6) is 0 Å². The van der Waals surface area contributed by atoms with Crippen molar-refractivity contribution in [2.45, 2.75) is 56.1 Å². The first-order valence-electron chi connectivity index (χ1n) is 11.6. The Hall–Kier alpha value is -2.92. The second-order valence-corrected chi connectivity index (χ2v) is 10.1. The van der Waals surface area contributed by atoms with Gasteiger partial charge in [0.05, 0.1) is 6.04 Å². The molecular weight excluding hydrogens is 403 g/mol. The van der Waals surface area contributed by atoms with Crippen LogP contribution in [0.1, 0.15) is 66.1 Å². The molecule has 3 aromatic rings. The number of nitrogens with one attached hydrogen (secondary N) is 1. The van der Waals surface area contributed by atoms with Crippen molar-refractivity contribution in [2.24, 2.45) is 5.92 Å². The molecule has 3 aliphatic carbocycles. The van der Waals surface area contributed by atoms with Crippen LogP contribution in [0.25, 0.3) is 17.0 Å². The number of fused-ring (bicyclic) bond motifs is 7. The van der Waals surface area contributed by atoms with Gasteiger partial charge >= 0.3 is 5.97 Å². The lowest BCUT2D eigenvalue weighted by molar-refractivity contribution is -0.211. The molecule has 5 aliphatic rings. The summed E-state index contributed by atoms with van der Waals surface area (Å²) in [5.74, 6) is -0.251. The van der Waals surface area contributed by atoms with E-state index in [2.05, 4.69) is 41.1 Å². The van der Waals surface area contributed by atoms with Gasteiger partial charge in [0.2, 0.25) is 0 Å². The third kappa shape index (κ3) is 2.13. The molecule has 5 heteroatoms. The van der Waals surface area contributed by atoms with Crippen LogP contribution in [0.4, 0.5) is 4.39 Å². The number of aromatic nitrogens is 1. The Morgan fingerprint density at radius 3 is 2.84 bits per heavy atom. The largest absolute Gasteiger partial charge is 0.478 e. The van der Waals surface area contributed by atoms with Gasteiger partial charge in [-0.15, -0.1) is 0 Å². The molecule has 162 valence electrons. The Morgan fingerprint density at radius 1 is 1.31 bits per heavy atom. The first-order valence-corrected chi connectivity index (χ1v) is 11.6. The number of hydrogen-bond acceptors (Lipinski definition) is 2. The van der Waals surface area contributed by atoms with Gasteiger partial charge in [-0.25, -0.2) is 9.18 Å². The molecule has 0 amide bonds. The van der Waals surface area contributed by atoms with Gasteiger partial charge in [-0.2, -0.15) is 0 Å². The fourth-order valence-electron chi connectivity index (χ4n) is 7.44. The predicted molar refractivity (Wildman–Crippen MR) is 121 cm³/mol. The predicted octanol–water partition coefficient (Wildman–Crippen LogP) is 5.39. The molecule has 3 fully saturated rings. The first-order chi connectivity index (χ1) is 15.5. The van der Waals surface area contributed by atoms with E-state index in [1.165, 1.54) is 35.9 Å². The molecular formula is C27H25FN2O2. The van der Waals surface area contributed by atoms with Crippen LogP contribution in [0, 0.1) is 11.7 Å². The highest BCUT2D eigenvalue weighted by Crippen LogP contribution is 2.75. The van der Waals surface area contributed by atoms with Gasteiger partial charge in [0, 0.05) is 45.7 Å². The molecule has 3 atom stereocenters. The molecule has 2 unspecified atom stereocenters. The van der Waals surface area contributed by atoms with E-state index in [-0.39, 0.29) is 17.4 Å². The van der Waals surface area contributed by atoms with E-state index in [1.54, 1.807) is 0 Å². The first kappa shape index (κ1) is 18.6. The molecule has 32 heavy (non-hydrogen) atoms. The molecule has 2 N–H and O–H groups in total. The number of H-pyrrole nitrogens is 1. The maximum Gasteiger partial charge on any atom is 0.328 e. The molecule has 4 nitrogen and oxygen atoms in total. The van der Waals surface area contributed by atoms with Crippen LogP contribution in [0.15, 0.2) is 42.5 Å². The molecule has 1 aromatic heterocycles. The normalized spacial score (nSPS) is 31.9. The monoisotopic (exact) mass is 428 g/mol. The van der Waals surface area contributed by atoms with Crippen LogP contribution in [0.2, 0.25) is 0 Å². The number of carbonyl (C=O) groups is 1. The molecule has 2 bridgehead atoms. The smallest absolute Gasteiger partial charge is 0.328 e. The Bertz CT molecular complexity index is 1330. The van der Waals surface area contributed by atoms with E-state index in [9.17, 15) is 4.79 Å². The number of para-hydroxylation sites is 1. The number of aliphatic carboxylic acids is 1. The quantitative estimate of drug-likeness (QED) is 0.550. The highest BCUT2D eigenvalue weighted by atomic mass is 19.1. The molecule has 0 radical (unpaired) electrons. The lowest BCUT2D eigenvalue weighted by atomic mass is 9.37. The number of halogens is 1. The summed E-state index contributed by atoms with van der Waals surface area (Å²) in [7, 11) is 0. The van der Waals surface area contributed by atoms with Gasteiger partial charge in [-0.3, -0.25) is 4.90 Å². The number of carboxylic acid groups (broad SMARTS) is 1. The third-order valence-electron chi connectivity index (χ3n) is 8.71. The Labute approximate surface area is 185 Å². The Balaban J connectivity index is 1.49. The number of benzene rings is 2. The van der Waals surface area contributed by atoms with Gasteiger partial charge < -0.3 is 10.1 Å². The number of carboxylic acids is 1. The van der Waals surface area contributed by atoms with E-state index < -0.39 is 5.97 Å². The molecule has 1 spiro atoms. The van der Waals surface area contributed by atoms with Crippen molar-refractivity contribution in [3.05, 3.63) is 76.2 Å². The van der Waals surface area contributed by atoms with E-state index in [4.69, 9.17) is 5.11 Å². The zero-order valence-electron chi connectivity index (χ0n) is 17.9. The fourth-order valence-corrected chi connectivity index (χ4v) is 7.44. The minimum atomic E-state index is -1.02. The summed E-state index contributed by atoms with van der Waals surface area (Å²) in [6, 6.07) is 12.3. The second kappa shape index (κ2) is 6.10. The molecule has 3 heterocycles. The fraction of sp³-hybridized carbons (Fsp3) is 0.370. The van der Waals surface area contributed by atoms with Gasteiger partial charge in [0.25, 0.3) is 0 Å². The summed E-state index contributed by atoms with van der Waals surface area (Å²) < 4.78 is 15.8. The standard InChI is InChI=1S/C27H25FN2O2/c1-2-16-11-18-17-5-3-4-6-21(17)29-25(18)26-23-19(24-15-12-27(24,13-15)30(16)26)9-14(10-20(23)28)7-8-22(31)32/h3-10,15-16,24,26,29H,2,11-13H2,1H3,(H,31,32)/b8-7+/t15?,16?,24-,26?,27?/m1/s1. The lowest BCUT2D eigenvalue weighted by Crippen LogP contribution is -2.78. The maximum absolute atomic E-state index is 15.8.